The number of nitrogens with zero attached hydrogens (tertiary/aromatic N) is 4. The van der Waals surface area contributed by atoms with Gasteiger partial charge in [-0.05, 0) is 51.7 Å². The number of hydrogen-bond donors (Lipinski definition) is 1. The molecular formula is C21H19N5O2S2. The molecule has 4 aromatic rings. The first-order chi connectivity index (χ1) is 14.7. The van der Waals surface area contributed by atoms with Crippen LogP contribution in [0, 0.1) is 0 Å². The molecule has 1 N–H and O–H groups in total. The lowest BCUT2D eigenvalue weighted by atomic mass is 10.1. The van der Waals surface area contributed by atoms with E-state index in [4.69, 9.17) is 4.74 Å². The Morgan fingerprint density at radius 3 is 2.63 bits per heavy atom. The van der Waals surface area contributed by atoms with Crippen molar-refractivity contribution in [1.29, 1.82) is 0 Å². The van der Waals surface area contributed by atoms with Crippen molar-refractivity contribution < 1.29 is 9.53 Å². The van der Waals surface area contributed by atoms with Crippen LogP contribution in [0.5, 0.6) is 5.75 Å². The van der Waals surface area contributed by atoms with E-state index >= 15 is 0 Å². The minimum atomic E-state index is -0.183. The highest BCUT2D eigenvalue weighted by molar-refractivity contribution is 7.99. The fourth-order valence-corrected chi connectivity index (χ4v) is 4.41. The highest BCUT2D eigenvalue weighted by Crippen LogP contribution is 2.26. The Kier molecular flexibility index (Phi) is 6.41. The number of benzene rings is 2. The smallest absolute Gasteiger partial charge is 0.231 e. The van der Waals surface area contributed by atoms with E-state index in [9.17, 15) is 4.79 Å². The van der Waals surface area contributed by atoms with Gasteiger partial charge in [0.05, 0.1) is 24.6 Å². The Labute approximate surface area is 182 Å². The molecule has 0 saturated heterocycles. The van der Waals surface area contributed by atoms with Gasteiger partial charge in [0.2, 0.25) is 11.1 Å². The van der Waals surface area contributed by atoms with Crippen LogP contribution in [0.15, 0.2) is 77.3 Å². The average Bonchev–Trinajstić information content (AvgIpc) is 3.49. The van der Waals surface area contributed by atoms with E-state index in [0.29, 0.717) is 5.16 Å². The molecule has 2 aromatic heterocycles. The summed E-state index contributed by atoms with van der Waals surface area (Å²) in [7, 11) is 1.62. The van der Waals surface area contributed by atoms with Crippen LogP contribution >= 0.6 is 23.1 Å². The van der Waals surface area contributed by atoms with Crippen molar-refractivity contribution in [1.82, 2.24) is 25.5 Å². The number of aromatic nitrogens is 4. The molecule has 2 aromatic carbocycles. The summed E-state index contributed by atoms with van der Waals surface area (Å²) >= 11 is 2.91. The summed E-state index contributed by atoms with van der Waals surface area (Å²) in [5.41, 5.74) is 1.84. The molecule has 0 aliphatic rings. The number of amides is 1. The maximum atomic E-state index is 12.7. The van der Waals surface area contributed by atoms with Crippen LogP contribution in [0.1, 0.15) is 16.5 Å². The van der Waals surface area contributed by atoms with E-state index in [0.717, 1.165) is 21.9 Å². The van der Waals surface area contributed by atoms with Crippen molar-refractivity contribution in [2.24, 2.45) is 0 Å². The second-order valence-corrected chi connectivity index (χ2v) is 8.21. The van der Waals surface area contributed by atoms with Crippen LogP contribution in [-0.4, -0.2) is 39.0 Å². The summed E-state index contributed by atoms with van der Waals surface area (Å²) in [6.45, 7) is 0. The summed E-state index contributed by atoms with van der Waals surface area (Å²) in [5.74, 6) is 0.859. The van der Waals surface area contributed by atoms with Crippen molar-refractivity contribution in [2.75, 3.05) is 12.9 Å². The standard InChI is InChI=1S/C21H19N5O2S2/c1-28-17-11-9-16(10-12-17)26-21(23-24-25-26)30-14-19(27)22-20(18-8-5-13-29-18)15-6-3-2-4-7-15/h2-13,20H,14H2,1H3,(H,22,27)/t20-/m0/s1. The Hall–Kier alpha value is -3.17. The topological polar surface area (TPSA) is 81.9 Å². The van der Waals surface area contributed by atoms with E-state index in [-0.39, 0.29) is 17.7 Å². The quantitative estimate of drug-likeness (QED) is 0.423. The zero-order valence-corrected chi connectivity index (χ0v) is 17.8. The lowest BCUT2D eigenvalue weighted by Gasteiger charge is -2.18. The van der Waals surface area contributed by atoms with Crippen molar-refractivity contribution in [3.8, 4) is 11.4 Å². The molecule has 0 unspecified atom stereocenters. The van der Waals surface area contributed by atoms with E-state index in [1.165, 1.54) is 11.8 Å². The first kappa shape index (κ1) is 20.1. The van der Waals surface area contributed by atoms with Crippen molar-refractivity contribution in [3.63, 3.8) is 0 Å². The second-order valence-electron chi connectivity index (χ2n) is 6.29. The van der Waals surface area contributed by atoms with Crippen molar-refractivity contribution >= 4 is 29.0 Å². The van der Waals surface area contributed by atoms with Gasteiger partial charge in [-0.2, -0.15) is 4.68 Å². The van der Waals surface area contributed by atoms with Gasteiger partial charge in [-0.3, -0.25) is 4.79 Å². The monoisotopic (exact) mass is 437 g/mol. The average molecular weight is 438 g/mol. The number of hydrogen-bond acceptors (Lipinski definition) is 7. The van der Waals surface area contributed by atoms with E-state index in [1.807, 2.05) is 72.1 Å². The van der Waals surface area contributed by atoms with Crippen molar-refractivity contribution in [3.05, 3.63) is 82.6 Å². The fraction of sp³-hybridized carbons (Fsp3) is 0.143. The van der Waals surface area contributed by atoms with Crippen LogP contribution in [-0.2, 0) is 4.79 Å². The Bertz CT molecular complexity index is 1080. The van der Waals surface area contributed by atoms with Crippen LogP contribution < -0.4 is 10.1 Å². The fourth-order valence-electron chi connectivity index (χ4n) is 2.91. The maximum Gasteiger partial charge on any atom is 0.231 e. The number of thiophene rings is 1. The molecule has 30 heavy (non-hydrogen) atoms. The van der Waals surface area contributed by atoms with Gasteiger partial charge in [0.1, 0.15) is 5.75 Å². The minimum absolute atomic E-state index is 0.0912. The van der Waals surface area contributed by atoms with Crippen LogP contribution in [0.3, 0.4) is 0 Å². The van der Waals surface area contributed by atoms with Crippen LogP contribution in [0.4, 0.5) is 0 Å². The predicted molar refractivity (Wildman–Crippen MR) is 117 cm³/mol. The van der Waals surface area contributed by atoms with Crippen LogP contribution in [0.25, 0.3) is 5.69 Å². The number of thioether (sulfide) groups is 1. The third kappa shape index (κ3) is 4.69. The van der Waals surface area contributed by atoms with E-state index in [2.05, 4.69) is 20.8 Å². The van der Waals surface area contributed by atoms with E-state index < -0.39 is 0 Å². The largest absolute Gasteiger partial charge is 0.497 e. The highest BCUT2D eigenvalue weighted by atomic mass is 32.2. The number of methoxy groups -OCH3 is 1. The SMILES string of the molecule is COc1ccc(-n2nnnc2SCC(=O)N[C@@H](c2ccccc2)c2cccs2)cc1. The zero-order chi connectivity index (χ0) is 20.8. The minimum Gasteiger partial charge on any atom is -0.497 e. The summed E-state index contributed by atoms with van der Waals surface area (Å²) < 4.78 is 6.78. The lowest BCUT2D eigenvalue weighted by molar-refractivity contribution is -0.119. The number of tetrazole rings is 1. The summed E-state index contributed by atoms with van der Waals surface area (Å²) in [6, 6.07) is 21.2. The zero-order valence-electron chi connectivity index (χ0n) is 16.1. The molecule has 4 rings (SSSR count). The molecule has 9 heteroatoms. The summed E-state index contributed by atoms with van der Waals surface area (Å²) in [5, 5.41) is 17.5. The molecule has 1 amide bonds. The molecule has 2 heterocycles. The molecule has 0 aliphatic heterocycles. The first-order valence-corrected chi connectivity index (χ1v) is 11.0. The predicted octanol–water partition coefficient (Wildman–Crippen LogP) is 3.73. The maximum absolute atomic E-state index is 12.7. The molecule has 0 aliphatic carbocycles. The molecule has 0 fully saturated rings. The van der Waals surface area contributed by atoms with E-state index in [1.54, 1.807) is 23.1 Å². The number of nitrogens with one attached hydrogen (secondary N) is 1. The molecule has 1 atom stereocenters. The Balaban J connectivity index is 1.44. The Morgan fingerprint density at radius 1 is 1.13 bits per heavy atom. The summed E-state index contributed by atoms with van der Waals surface area (Å²) in [6.07, 6.45) is 0. The van der Waals surface area contributed by atoms with Crippen LogP contribution in [0.2, 0.25) is 0 Å². The third-order valence-corrected chi connectivity index (χ3v) is 6.21. The first-order valence-electron chi connectivity index (χ1n) is 9.18. The molecule has 0 spiro atoms. The van der Waals surface area contributed by atoms with Gasteiger partial charge in [-0.15, -0.1) is 16.4 Å². The van der Waals surface area contributed by atoms with Gasteiger partial charge in [0, 0.05) is 4.88 Å². The molecule has 0 radical (unpaired) electrons. The summed E-state index contributed by atoms with van der Waals surface area (Å²) in [4.78, 5) is 13.8. The second kappa shape index (κ2) is 9.55. The normalized spacial score (nSPS) is 11.8. The van der Waals surface area contributed by atoms with Gasteiger partial charge in [0.25, 0.3) is 0 Å². The molecule has 0 saturated carbocycles. The number of carbonyl (C=O) groups excluding carboxylic acids is 1. The van der Waals surface area contributed by atoms with Crippen molar-refractivity contribution in [2.45, 2.75) is 11.2 Å². The Morgan fingerprint density at radius 2 is 1.93 bits per heavy atom. The molecule has 7 nitrogen and oxygen atoms in total. The number of ether oxygens (including phenoxy) is 1. The molecule has 0 bridgehead atoms. The molecule has 152 valence electrons. The highest BCUT2D eigenvalue weighted by Gasteiger charge is 2.19. The van der Waals surface area contributed by atoms with Gasteiger partial charge >= 0.3 is 0 Å². The van der Waals surface area contributed by atoms with Gasteiger partial charge in [-0.1, -0.05) is 48.2 Å². The van der Waals surface area contributed by atoms with Gasteiger partial charge < -0.3 is 10.1 Å². The number of carbonyl (C=O) groups is 1. The third-order valence-electron chi connectivity index (χ3n) is 4.36. The van der Waals surface area contributed by atoms with Gasteiger partial charge in [0.15, 0.2) is 0 Å². The number of rotatable bonds is 8. The lowest BCUT2D eigenvalue weighted by Crippen LogP contribution is -2.30. The van der Waals surface area contributed by atoms with Gasteiger partial charge in [-0.25, -0.2) is 0 Å². The molecular weight excluding hydrogens is 418 g/mol.